The third-order valence-electron chi connectivity index (χ3n) is 3.78. The average Bonchev–Trinajstić information content (AvgIpc) is 2.47. The van der Waals surface area contributed by atoms with Crippen LogP contribution in [0.2, 0.25) is 5.02 Å². The van der Waals surface area contributed by atoms with Gasteiger partial charge in [0, 0.05) is 24.8 Å². The third-order valence-corrected chi connectivity index (χ3v) is 4.15. The Kier molecular flexibility index (Phi) is 4.67. The van der Waals surface area contributed by atoms with Crippen molar-refractivity contribution in [1.29, 1.82) is 0 Å². The first-order valence-electron chi connectivity index (χ1n) is 6.60. The van der Waals surface area contributed by atoms with E-state index in [1.54, 1.807) is 12.3 Å². The molecule has 1 atom stereocenters. The number of nitrogens with zero attached hydrogens (tertiary/aromatic N) is 3. The molecule has 1 aliphatic heterocycles. The number of amidine groups is 1. The fourth-order valence-electron chi connectivity index (χ4n) is 2.50. The number of aliphatic hydroxyl groups is 1. The molecular formula is C13H19ClN4O2. The van der Waals surface area contributed by atoms with Crippen molar-refractivity contribution in [2.24, 2.45) is 16.8 Å². The topological polar surface area (TPSA) is 95.0 Å². The summed E-state index contributed by atoms with van der Waals surface area (Å²) in [5.41, 5.74) is 6.06. The zero-order valence-electron chi connectivity index (χ0n) is 11.3. The van der Waals surface area contributed by atoms with Crippen molar-refractivity contribution >= 4 is 23.3 Å². The fraction of sp³-hybridized carbons (Fsp3) is 0.538. The molecule has 0 aromatic carbocycles. The predicted molar refractivity (Wildman–Crippen MR) is 78.4 cm³/mol. The molecule has 0 aliphatic carbocycles. The Morgan fingerprint density at radius 2 is 2.20 bits per heavy atom. The van der Waals surface area contributed by atoms with Gasteiger partial charge in [0.1, 0.15) is 5.82 Å². The van der Waals surface area contributed by atoms with Gasteiger partial charge in [-0.15, -0.1) is 0 Å². The number of piperidine rings is 1. The van der Waals surface area contributed by atoms with Gasteiger partial charge in [0.2, 0.25) is 0 Å². The van der Waals surface area contributed by atoms with E-state index in [2.05, 4.69) is 15.0 Å². The van der Waals surface area contributed by atoms with Crippen LogP contribution in [0.25, 0.3) is 0 Å². The Balaban J connectivity index is 2.19. The van der Waals surface area contributed by atoms with Gasteiger partial charge in [-0.3, -0.25) is 0 Å². The molecule has 1 saturated heterocycles. The molecule has 4 N–H and O–H groups in total. The summed E-state index contributed by atoms with van der Waals surface area (Å²) >= 11 is 6.29. The molecule has 1 unspecified atom stereocenters. The summed E-state index contributed by atoms with van der Waals surface area (Å²) in [6.07, 6.45) is 3.09. The number of rotatable bonds is 3. The third kappa shape index (κ3) is 2.96. The van der Waals surface area contributed by atoms with Crippen LogP contribution in [0.4, 0.5) is 5.82 Å². The van der Waals surface area contributed by atoms with Crippen molar-refractivity contribution in [3.05, 3.63) is 22.8 Å². The number of oxime groups is 1. The second-order valence-corrected chi connectivity index (χ2v) is 5.42. The number of aliphatic hydroxyl groups excluding tert-OH is 1. The Bertz CT molecular complexity index is 499. The van der Waals surface area contributed by atoms with Crippen LogP contribution in [0.3, 0.4) is 0 Å². The summed E-state index contributed by atoms with van der Waals surface area (Å²) in [6.45, 7) is 3.38. The number of hydrogen-bond donors (Lipinski definition) is 3. The second kappa shape index (κ2) is 6.28. The first-order chi connectivity index (χ1) is 9.54. The standard InChI is InChI=1S/C13H19ClN4O2/c1-8(19)9-3-6-18(7-4-9)13-11(14)10(2-5-16-13)12(15)17-20/h2,5,8-9,19-20H,3-4,6-7H2,1H3,(H2,15,17). The number of hydrogen-bond acceptors (Lipinski definition) is 5. The molecule has 0 radical (unpaired) electrons. The van der Waals surface area contributed by atoms with E-state index in [0.29, 0.717) is 22.3 Å². The van der Waals surface area contributed by atoms with Crippen LogP contribution in [0.5, 0.6) is 0 Å². The van der Waals surface area contributed by atoms with E-state index in [4.69, 9.17) is 22.5 Å². The smallest absolute Gasteiger partial charge is 0.171 e. The van der Waals surface area contributed by atoms with Crippen LogP contribution in [0.1, 0.15) is 25.3 Å². The summed E-state index contributed by atoms with van der Waals surface area (Å²) < 4.78 is 0. The van der Waals surface area contributed by atoms with Crippen LogP contribution < -0.4 is 10.6 Å². The first kappa shape index (κ1) is 14.9. The highest BCUT2D eigenvalue weighted by Crippen LogP contribution is 2.30. The molecule has 2 rings (SSSR count). The maximum atomic E-state index is 9.62. The predicted octanol–water partition coefficient (Wildman–Crippen LogP) is 1.43. The van der Waals surface area contributed by atoms with Crippen LogP contribution in [-0.4, -0.2) is 40.3 Å². The fourth-order valence-corrected chi connectivity index (χ4v) is 2.83. The van der Waals surface area contributed by atoms with Crippen LogP contribution in [-0.2, 0) is 0 Å². The lowest BCUT2D eigenvalue weighted by atomic mass is 9.92. The quantitative estimate of drug-likeness (QED) is 0.339. The normalized spacial score (nSPS) is 19.1. The average molecular weight is 299 g/mol. The van der Waals surface area contributed by atoms with Crippen molar-refractivity contribution in [2.45, 2.75) is 25.9 Å². The van der Waals surface area contributed by atoms with Gasteiger partial charge in [0.15, 0.2) is 5.84 Å². The Hall–Kier alpha value is -1.53. The van der Waals surface area contributed by atoms with Gasteiger partial charge < -0.3 is 20.9 Å². The monoisotopic (exact) mass is 298 g/mol. The number of pyridine rings is 1. The molecule has 0 amide bonds. The summed E-state index contributed by atoms with van der Waals surface area (Å²) in [6, 6.07) is 1.61. The van der Waals surface area contributed by atoms with Gasteiger partial charge in [-0.1, -0.05) is 16.8 Å². The van der Waals surface area contributed by atoms with Crippen molar-refractivity contribution in [1.82, 2.24) is 4.98 Å². The lowest BCUT2D eigenvalue weighted by molar-refractivity contribution is 0.110. The van der Waals surface area contributed by atoms with Crippen LogP contribution in [0, 0.1) is 5.92 Å². The second-order valence-electron chi connectivity index (χ2n) is 5.05. The molecular weight excluding hydrogens is 280 g/mol. The number of nitrogens with two attached hydrogens (primary N) is 1. The van der Waals surface area contributed by atoms with E-state index >= 15 is 0 Å². The minimum absolute atomic E-state index is 0.0301. The lowest BCUT2D eigenvalue weighted by Gasteiger charge is -2.34. The minimum Gasteiger partial charge on any atom is -0.409 e. The van der Waals surface area contributed by atoms with Gasteiger partial charge in [0.25, 0.3) is 0 Å². The number of halogens is 1. The van der Waals surface area contributed by atoms with E-state index in [9.17, 15) is 5.11 Å². The van der Waals surface area contributed by atoms with E-state index < -0.39 is 0 Å². The van der Waals surface area contributed by atoms with Gasteiger partial charge in [0.05, 0.1) is 11.1 Å². The van der Waals surface area contributed by atoms with Gasteiger partial charge in [-0.2, -0.15) is 0 Å². The lowest BCUT2D eigenvalue weighted by Crippen LogP contribution is -2.37. The van der Waals surface area contributed by atoms with Crippen molar-refractivity contribution in [2.75, 3.05) is 18.0 Å². The van der Waals surface area contributed by atoms with Crippen molar-refractivity contribution in [3.63, 3.8) is 0 Å². The van der Waals surface area contributed by atoms with Gasteiger partial charge >= 0.3 is 0 Å². The summed E-state index contributed by atoms with van der Waals surface area (Å²) in [4.78, 5) is 6.35. The highest BCUT2D eigenvalue weighted by Gasteiger charge is 2.25. The summed E-state index contributed by atoms with van der Waals surface area (Å²) in [5.74, 6) is 0.926. The number of aromatic nitrogens is 1. The number of anilines is 1. The van der Waals surface area contributed by atoms with Crippen molar-refractivity contribution in [3.8, 4) is 0 Å². The molecule has 0 saturated carbocycles. The maximum absolute atomic E-state index is 9.62. The largest absolute Gasteiger partial charge is 0.409 e. The first-order valence-corrected chi connectivity index (χ1v) is 6.97. The molecule has 20 heavy (non-hydrogen) atoms. The Morgan fingerprint density at radius 3 is 2.75 bits per heavy atom. The molecule has 110 valence electrons. The molecule has 2 heterocycles. The van der Waals surface area contributed by atoms with E-state index in [1.807, 2.05) is 6.92 Å². The molecule has 1 aliphatic rings. The SMILES string of the molecule is CC(O)C1CCN(c2nccc(/C(N)=N/O)c2Cl)CC1. The van der Waals surface area contributed by atoms with Gasteiger partial charge in [-0.25, -0.2) is 4.98 Å². The van der Waals surface area contributed by atoms with Crippen LogP contribution in [0.15, 0.2) is 17.4 Å². The van der Waals surface area contributed by atoms with E-state index in [-0.39, 0.29) is 11.9 Å². The highest BCUT2D eigenvalue weighted by atomic mass is 35.5. The Morgan fingerprint density at radius 1 is 1.55 bits per heavy atom. The molecule has 1 aromatic rings. The van der Waals surface area contributed by atoms with Gasteiger partial charge in [-0.05, 0) is 31.7 Å². The van der Waals surface area contributed by atoms with Crippen LogP contribution >= 0.6 is 11.6 Å². The van der Waals surface area contributed by atoms with E-state index in [0.717, 1.165) is 25.9 Å². The summed E-state index contributed by atoms with van der Waals surface area (Å²) in [7, 11) is 0. The maximum Gasteiger partial charge on any atom is 0.171 e. The zero-order chi connectivity index (χ0) is 14.7. The van der Waals surface area contributed by atoms with E-state index in [1.165, 1.54) is 0 Å². The molecule has 7 heteroatoms. The molecule has 6 nitrogen and oxygen atoms in total. The molecule has 0 spiro atoms. The van der Waals surface area contributed by atoms with Crippen molar-refractivity contribution < 1.29 is 10.3 Å². The molecule has 1 fully saturated rings. The Labute approximate surface area is 122 Å². The minimum atomic E-state index is -0.288. The molecule has 0 bridgehead atoms. The molecule has 1 aromatic heterocycles. The highest BCUT2D eigenvalue weighted by molar-refractivity contribution is 6.36. The summed E-state index contributed by atoms with van der Waals surface area (Å²) in [5, 5.41) is 21.7. The zero-order valence-corrected chi connectivity index (χ0v) is 12.1.